The molecule has 0 amide bonds. The lowest BCUT2D eigenvalue weighted by Crippen LogP contribution is -2.11. The first kappa shape index (κ1) is 12.8. The van der Waals surface area contributed by atoms with Gasteiger partial charge in [-0.3, -0.25) is 0 Å². The standard InChI is InChI=1S/C13H16N2O2S/c1-7-6-18-12(14-7)10(4)15-8(2)5-11(9(15)3)13(16)17/h5-6,10H,1-4H3,(H,16,17). The van der Waals surface area contributed by atoms with Crippen molar-refractivity contribution in [1.82, 2.24) is 9.55 Å². The summed E-state index contributed by atoms with van der Waals surface area (Å²) in [5, 5.41) is 12.2. The number of carboxylic acids is 1. The van der Waals surface area contributed by atoms with E-state index in [2.05, 4.69) is 4.98 Å². The second-order valence-electron chi connectivity index (χ2n) is 4.46. The maximum atomic E-state index is 11.1. The first-order chi connectivity index (χ1) is 8.41. The molecule has 0 aliphatic heterocycles. The Labute approximate surface area is 110 Å². The van der Waals surface area contributed by atoms with Gasteiger partial charge in [-0.15, -0.1) is 11.3 Å². The lowest BCUT2D eigenvalue weighted by Gasteiger charge is -2.16. The number of rotatable bonds is 3. The van der Waals surface area contributed by atoms with Gasteiger partial charge in [0.25, 0.3) is 0 Å². The molecule has 0 bridgehead atoms. The molecule has 18 heavy (non-hydrogen) atoms. The van der Waals surface area contributed by atoms with Crippen LogP contribution >= 0.6 is 11.3 Å². The maximum Gasteiger partial charge on any atom is 0.337 e. The third-order valence-electron chi connectivity index (χ3n) is 3.10. The number of aromatic carboxylic acids is 1. The number of aryl methyl sites for hydroxylation is 2. The highest BCUT2D eigenvalue weighted by Crippen LogP contribution is 2.27. The Morgan fingerprint density at radius 3 is 2.56 bits per heavy atom. The van der Waals surface area contributed by atoms with Crippen LogP contribution in [0.1, 0.15) is 45.4 Å². The molecule has 1 unspecified atom stereocenters. The first-order valence-corrected chi connectivity index (χ1v) is 6.63. The van der Waals surface area contributed by atoms with Gasteiger partial charge in [-0.25, -0.2) is 9.78 Å². The number of thiazole rings is 1. The Bertz CT molecular complexity index is 598. The average Bonchev–Trinajstić information content (AvgIpc) is 2.83. The zero-order valence-electron chi connectivity index (χ0n) is 10.9. The largest absolute Gasteiger partial charge is 0.478 e. The smallest absolute Gasteiger partial charge is 0.337 e. The lowest BCUT2D eigenvalue weighted by atomic mass is 10.2. The summed E-state index contributed by atoms with van der Waals surface area (Å²) in [5.41, 5.74) is 3.10. The van der Waals surface area contributed by atoms with E-state index in [-0.39, 0.29) is 6.04 Å². The van der Waals surface area contributed by atoms with Crippen molar-refractivity contribution in [2.75, 3.05) is 0 Å². The molecule has 5 heteroatoms. The minimum atomic E-state index is -0.878. The van der Waals surface area contributed by atoms with Gasteiger partial charge in [0.15, 0.2) is 0 Å². The van der Waals surface area contributed by atoms with Crippen LogP contribution in [0.4, 0.5) is 0 Å². The van der Waals surface area contributed by atoms with E-state index in [1.54, 1.807) is 17.4 Å². The quantitative estimate of drug-likeness (QED) is 0.926. The summed E-state index contributed by atoms with van der Waals surface area (Å²) in [7, 11) is 0. The molecule has 0 aliphatic carbocycles. The monoisotopic (exact) mass is 264 g/mol. The van der Waals surface area contributed by atoms with Crippen LogP contribution in [-0.2, 0) is 0 Å². The number of carbonyl (C=O) groups is 1. The minimum Gasteiger partial charge on any atom is -0.478 e. The molecule has 0 saturated heterocycles. The van der Waals surface area contributed by atoms with Gasteiger partial charge in [0.05, 0.1) is 11.6 Å². The normalized spacial score (nSPS) is 12.7. The predicted molar refractivity (Wildman–Crippen MR) is 71.5 cm³/mol. The molecule has 0 saturated carbocycles. The molecule has 2 rings (SSSR count). The number of aromatic nitrogens is 2. The molecular formula is C13H16N2O2S. The van der Waals surface area contributed by atoms with E-state index in [9.17, 15) is 4.79 Å². The molecule has 0 aromatic carbocycles. The average molecular weight is 264 g/mol. The molecular weight excluding hydrogens is 248 g/mol. The number of hydrogen-bond donors (Lipinski definition) is 1. The van der Waals surface area contributed by atoms with Crippen molar-refractivity contribution in [1.29, 1.82) is 0 Å². The van der Waals surface area contributed by atoms with Crippen LogP contribution in [0.25, 0.3) is 0 Å². The molecule has 2 aromatic heterocycles. The van der Waals surface area contributed by atoms with Gasteiger partial charge in [-0.2, -0.15) is 0 Å². The first-order valence-electron chi connectivity index (χ1n) is 5.75. The maximum absolute atomic E-state index is 11.1. The van der Waals surface area contributed by atoms with Crippen molar-refractivity contribution in [2.24, 2.45) is 0 Å². The zero-order chi connectivity index (χ0) is 13.4. The molecule has 2 heterocycles. The van der Waals surface area contributed by atoms with E-state index in [0.717, 1.165) is 22.1 Å². The molecule has 4 nitrogen and oxygen atoms in total. The van der Waals surface area contributed by atoms with Crippen molar-refractivity contribution in [3.63, 3.8) is 0 Å². The highest BCUT2D eigenvalue weighted by atomic mass is 32.1. The fraction of sp³-hybridized carbons (Fsp3) is 0.385. The van der Waals surface area contributed by atoms with Gasteiger partial charge in [0.1, 0.15) is 5.01 Å². The molecule has 0 radical (unpaired) electrons. The molecule has 1 atom stereocenters. The Hall–Kier alpha value is -1.62. The fourth-order valence-corrected chi connectivity index (χ4v) is 3.11. The second kappa shape index (κ2) is 4.57. The van der Waals surface area contributed by atoms with Gasteiger partial charge >= 0.3 is 5.97 Å². The van der Waals surface area contributed by atoms with E-state index in [4.69, 9.17) is 5.11 Å². The molecule has 0 spiro atoms. The summed E-state index contributed by atoms with van der Waals surface area (Å²) >= 11 is 1.61. The number of nitrogens with zero attached hydrogens (tertiary/aromatic N) is 2. The molecule has 1 N–H and O–H groups in total. The summed E-state index contributed by atoms with van der Waals surface area (Å²) < 4.78 is 2.03. The van der Waals surface area contributed by atoms with Gasteiger partial charge in [-0.05, 0) is 33.8 Å². The lowest BCUT2D eigenvalue weighted by molar-refractivity contribution is 0.0696. The second-order valence-corrected chi connectivity index (χ2v) is 5.35. The third kappa shape index (κ3) is 2.06. The molecule has 96 valence electrons. The Morgan fingerprint density at radius 1 is 1.44 bits per heavy atom. The summed E-state index contributed by atoms with van der Waals surface area (Å²) in [6, 6.07) is 1.78. The summed E-state index contributed by atoms with van der Waals surface area (Å²) in [4.78, 5) is 15.6. The van der Waals surface area contributed by atoms with E-state index >= 15 is 0 Å². The Morgan fingerprint density at radius 2 is 2.11 bits per heavy atom. The van der Waals surface area contributed by atoms with Crippen LogP contribution in [0, 0.1) is 20.8 Å². The summed E-state index contributed by atoms with van der Waals surface area (Å²) in [6.45, 7) is 7.78. The molecule has 0 fully saturated rings. The fourth-order valence-electron chi connectivity index (χ4n) is 2.26. The highest BCUT2D eigenvalue weighted by Gasteiger charge is 2.20. The van der Waals surface area contributed by atoms with E-state index in [1.807, 2.05) is 37.6 Å². The van der Waals surface area contributed by atoms with E-state index in [1.165, 1.54) is 0 Å². The SMILES string of the molecule is Cc1csc(C(C)n2c(C)cc(C(=O)O)c2C)n1. The highest BCUT2D eigenvalue weighted by molar-refractivity contribution is 7.09. The van der Waals surface area contributed by atoms with E-state index < -0.39 is 5.97 Å². The number of carboxylic acid groups (broad SMARTS) is 1. The molecule has 2 aromatic rings. The summed E-state index contributed by atoms with van der Waals surface area (Å²) in [6.07, 6.45) is 0. The Balaban J connectivity index is 2.48. The van der Waals surface area contributed by atoms with Crippen LogP contribution in [0.15, 0.2) is 11.4 Å². The number of hydrogen-bond acceptors (Lipinski definition) is 3. The summed E-state index contributed by atoms with van der Waals surface area (Å²) in [5.74, 6) is -0.878. The van der Waals surface area contributed by atoms with Crippen LogP contribution < -0.4 is 0 Å². The zero-order valence-corrected chi connectivity index (χ0v) is 11.7. The van der Waals surface area contributed by atoms with Crippen LogP contribution in [0.3, 0.4) is 0 Å². The predicted octanol–water partition coefficient (Wildman–Crippen LogP) is 3.18. The van der Waals surface area contributed by atoms with Crippen LogP contribution in [0.2, 0.25) is 0 Å². The van der Waals surface area contributed by atoms with E-state index in [0.29, 0.717) is 5.56 Å². The van der Waals surface area contributed by atoms with Gasteiger partial charge in [-0.1, -0.05) is 0 Å². The topological polar surface area (TPSA) is 55.1 Å². The van der Waals surface area contributed by atoms with Crippen molar-refractivity contribution in [3.05, 3.63) is 39.1 Å². The van der Waals surface area contributed by atoms with Crippen molar-refractivity contribution < 1.29 is 9.90 Å². The third-order valence-corrected chi connectivity index (χ3v) is 4.23. The van der Waals surface area contributed by atoms with Gasteiger partial charge in [0.2, 0.25) is 0 Å². The van der Waals surface area contributed by atoms with Gasteiger partial charge in [0, 0.05) is 22.5 Å². The van der Waals surface area contributed by atoms with Crippen LogP contribution in [0.5, 0.6) is 0 Å². The van der Waals surface area contributed by atoms with Crippen LogP contribution in [-0.4, -0.2) is 20.6 Å². The van der Waals surface area contributed by atoms with Gasteiger partial charge < -0.3 is 9.67 Å². The minimum absolute atomic E-state index is 0.0665. The van der Waals surface area contributed by atoms with Crippen molar-refractivity contribution in [3.8, 4) is 0 Å². The molecule has 0 aliphatic rings. The van der Waals surface area contributed by atoms with Crippen molar-refractivity contribution >= 4 is 17.3 Å². The Kier molecular flexibility index (Phi) is 3.26. The van der Waals surface area contributed by atoms with Crippen molar-refractivity contribution in [2.45, 2.75) is 33.7 Å².